The molecule has 0 aliphatic carbocycles. The minimum absolute atomic E-state index is 0.0124. The summed E-state index contributed by atoms with van der Waals surface area (Å²) in [7, 11) is 0. The van der Waals surface area contributed by atoms with Crippen LogP contribution in [-0.2, 0) is 6.18 Å². The number of hydrogen-bond donors (Lipinski definition) is 1. The standard InChI is InChI=1S/C23H26ClF3N2O2/c1-15-8-10-29(11-9-15)12-13-31-20-5-3-4-16(2)21(20)22(30)28-17-6-7-19(24)18(14-17)23(25,26)27/h3-7,14-15H,8-13H2,1-2H3,(H,28,30). The zero-order chi connectivity index (χ0) is 22.6. The Morgan fingerprint density at radius 3 is 2.61 bits per heavy atom. The van der Waals surface area contributed by atoms with Crippen LogP contribution in [0.3, 0.4) is 0 Å². The van der Waals surface area contributed by atoms with Gasteiger partial charge in [0.2, 0.25) is 0 Å². The summed E-state index contributed by atoms with van der Waals surface area (Å²) in [5.41, 5.74) is -0.00693. The lowest BCUT2D eigenvalue weighted by Gasteiger charge is -2.30. The minimum atomic E-state index is -4.61. The van der Waals surface area contributed by atoms with Gasteiger partial charge in [-0.2, -0.15) is 13.2 Å². The number of aryl methyl sites for hydroxylation is 1. The van der Waals surface area contributed by atoms with E-state index in [-0.39, 0.29) is 5.69 Å². The predicted octanol–water partition coefficient (Wildman–Crippen LogP) is 6.03. The first kappa shape index (κ1) is 23.4. The van der Waals surface area contributed by atoms with Crippen molar-refractivity contribution >= 4 is 23.2 Å². The molecule has 168 valence electrons. The number of hydrogen-bond acceptors (Lipinski definition) is 3. The van der Waals surface area contributed by atoms with E-state index in [4.69, 9.17) is 16.3 Å². The van der Waals surface area contributed by atoms with Gasteiger partial charge < -0.3 is 10.1 Å². The van der Waals surface area contributed by atoms with Gasteiger partial charge >= 0.3 is 6.18 Å². The molecule has 2 aromatic rings. The molecule has 1 saturated heterocycles. The van der Waals surface area contributed by atoms with Crippen molar-refractivity contribution in [2.45, 2.75) is 32.9 Å². The third-order valence-corrected chi connectivity index (χ3v) is 5.86. The third-order valence-electron chi connectivity index (χ3n) is 5.53. The quantitative estimate of drug-likeness (QED) is 0.579. The molecule has 0 saturated carbocycles. The summed E-state index contributed by atoms with van der Waals surface area (Å²) in [5, 5.41) is 2.12. The fourth-order valence-corrected chi connectivity index (χ4v) is 3.86. The molecule has 0 bridgehead atoms. The second kappa shape index (κ2) is 9.92. The van der Waals surface area contributed by atoms with Crippen molar-refractivity contribution in [3.05, 3.63) is 58.1 Å². The molecular formula is C23H26ClF3N2O2. The van der Waals surface area contributed by atoms with Gasteiger partial charge in [-0.25, -0.2) is 0 Å². The van der Waals surface area contributed by atoms with Gasteiger partial charge in [-0.15, -0.1) is 0 Å². The number of rotatable bonds is 6. The van der Waals surface area contributed by atoms with Gasteiger partial charge in [0, 0.05) is 12.2 Å². The number of alkyl halides is 3. The predicted molar refractivity (Wildman–Crippen MR) is 116 cm³/mol. The number of anilines is 1. The van der Waals surface area contributed by atoms with Crippen molar-refractivity contribution in [3.8, 4) is 5.75 Å². The molecule has 3 rings (SSSR count). The topological polar surface area (TPSA) is 41.6 Å². The van der Waals surface area contributed by atoms with Gasteiger partial charge in [0.1, 0.15) is 12.4 Å². The highest BCUT2D eigenvalue weighted by molar-refractivity contribution is 6.31. The molecule has 1 N–H and O–H groups in total. The summed E-state index contributed by atoms with van der Waals surface area (Å²) in [6.07, 6.45) is -2.28. The maximum absolute atomic E-state index is 13.1. The first-order chi connectivity index (χ1) is 14.6. The molecule has 31 heavy (non-hydrogen) atoms. The number of ether oxygens (including phenoxy) is 1. The van der Waals surface area contributed by atoms with Crippen LogP contribution in [0.25, 0.3) is 0 Å². The van der Waals surface area contributed by atoms with E-state index in [0.29, 0.717) is 23.5 Å². The molecule has 1 aliphatic heterocycles. The Morgan fingerprint density at radius 1 is 1.23 bits per heavy atom. The van der Waals surface area contributed by atoms with Crippen molar-refractivity contribution in [2.24, 2.45) is 5.92 Å². The number of halogens is 4. The number of carbonyl (C=O) groups is 1. The summed E-state index contributed by atoms with van der Waals surface area (Å²) in [5.74, 6) is 0.623. The van der Waals surface area contributed by atoms with Crippen LogP contribution in [0.2, 0.25) is 5.02 Å². The zero-order valence-corrected chi connectivity index (χ0v) is 18.3. The van der Waals surface area contributed by atoms with E-state index in [1.54, 1.807) is 25.1 Å². The number of carbonyl (C=O) groups excluding carboxylic acids is 1. The van der Waals surface area contributed by atoms with Crippen LogP contribution in [-0.4, -0.2) is 37.0 Å². The smallest absolute Gasteiger partial charge is 0.417 e. The molecule has 0 atom stereocenters. The maximum atomic E-state index is 13.1. The van der Waals surface area contributed by atoms with Crippen LogP contribution in [0, 0.1) is 12.8 Å². The summed E-state index contributed by atoms with van der Waals surface area (Å²) in [6, 6.07) is 8.53. The molecule has 4 nitrogen and oxygen atoms in total. The zero-order valence-electron chi connectivity index (χ0n) is 17.6. The third kappa shape index (κ3) is 6.14. The highest BCUT2D eigenvalue weighted by Crippen LogP contribution is 2.36. The van der Waals surface area contributed by atoms with E-state index in [2.05, 4.69) is 17.1 Å². The first-order valence-corrected chi connectivity index (χ1v) is 10.7. The number of nitrogens with zero attached hydrogens (tertiary/aromatic N) is 1. The highest BCUT2D eigenvalue weighted by atomic mass is 35.5. The average molecular weight is 455 g/mol. The molecule has 2 aromatic carbocycles. The van der Waals surface area contributed by atoms with Crippen molar-refractivity contribution in [3.63, 3.8) is 0 Å². The largest absolute Gasteiger partial charge is 0.491 e. The van der Waals surface area contributed by atoms with Gasteiger partial charge in [0.25, 0.3) is 5.91 Å². The Kier molecular flexibility index (Phi) is 7.49. The van der Waals surface area contributed by atoms with Crippen LogP contribution in [0.1, 0.15) is 41.3 Å². The lowest BCUT2D eigenvalue weighted by atomic mass is 9.99. The molecule has 0 spiro atoms. The molecular weight excluding hydrogens is 429 g/mol. The van der Waals surface area contributed by atoms with Crippen molar-refractivity contribution in [1.29, 1.82) is 0 Å². The number of likely N-dealkylation sites (tertiary alicyclic amines) is 1. The van der Waals surface area contributed by atoms with E-state index in [1.165, 1.54) is 18.9 Å². The molecule has 1 amide bonds. The fourth-order valence-electron chi connectivity index (χ4n) is 3.64. The molecule has 1 fully saturated rings. The first-order valence-electron chi connectivity index (χ1n) is 10.3. The van der Waals surface area contributed by atoms with Gasteiger partial charge in [0.15, 0.2) is 0 Å². The SMILES string of the molecule is Cc1cccc(OCCN2CCC(C)CC2)c1C(=O)Nc1ccc(Cl)c(C(F)(F)F)c1. The van der Waals surface area contributed by atoms with Crippen LogP contribution in [0.15, 0.2) is 36.4 Å². The Bertz CT molecular complexity index is 926. The Labute approximate surface area is 185 Å². The lowest BCUT2D eigenvalue weighted by Crippen LogP contribution is -2.35. The summed E-state index contributed by atoms with van der Waals surface area (Å²) < 4.78 is 45.2. The van der Waals surface area contributed by atoms with Crippen molar-refractivity contribution in [2.75, 3.05) is 31.6 Å². The monoisotopic (exact) mass is 454 g/mol. The van der Waals surface area contributed by atoms with E-state index < -0.39 is 22.7 Å². The van der Waals surface area contributed by atoms with E-state index in [1.807, 2.05) is 0 Å². The van der Waals surface area contributed by atoms with Crippen LogP contribution < -0.4 is 10.1 Å². The van der Waals surface area contributed by atoms with Crippen molar-refractivity contribution in [1.82, 2.24) is 4.90 Å². The molecule has 1 aliphatic rings. The van der Waals surface area contributed by atoms with E-state index >= 15 is 0 Å². The van der Waals surface area contributed by atoms with Gasteiger partial charge in [-0.3, -0.25) is 9.69 Å². The Hall–Kier alpha value is -2.25. The number of nitrogens with one attached hydrogen (secondary N) is 1. The Morgan fingerprint density at radius 2 is 1.94 bits per heavy atom. The number of piperidine rings is 1. The molecule has 8 heteroatoms. The minimum Gasteiger partial charge on any atom is -0.491 e. The average Bonchev–Trinajstić information content (AvgIpc) is 2.70. The summed E-state index contributed by atoms with van der Waals surface area (Å²) >= 11 is 5.66. The number of benzene rings is 2. The molecule has 0 radical (unpaired) electrons. The fraction of sp³-hybridized carbons (Fsp3) is 0.435. The second-order valence-electron chi connectivity index (χ2n) is 7.97. The van der Waals surface area contributed by atoms with E-state index in [0.717, 1.165) is 37.7 Å². The van der Waals surface area contributed by atoms with Gasteiger partial charge in [0.05, 0.1) is 16.1 Å². The van der Waals surface area contributed by atoms with Crippen LogP contribution in [0.5, 0.6) is 5.75 Å². The lowest BCUT2D eigenvalue weighted by molar-refractivity contribution is -0.137. The van der Waals surface area contributed by atoms with Crippen molar-refractivity contribution < 1.29 is 22.7 Å². The Balaban J connectivity index is 1.70. The number of amides is 1. The van der Waals surface area contributed by atoms with Gasteiger partial charge in [-0.1, -0.05) is 30.7 Å². The van der Waals surface area contributed by atoms with E-state index in [9.17, 15) is 18.0 Å². The summed E-state index contributed by atoms with van der Waals surface area (Å²) in [6.45, 7) is 7.26. The second-order valence-corrected chi connectivity index (χ2v) is 8.37. The summed E-state index contributed by atoms with van der Waals surface area (Å²) in [4.78, 5) is 15.2. The van der Waals surface area contributed by atoms with Crippen LogP contribution >= 0.6 is 11.6 Å². The molecule has 0 aromatic heterocycles. The molecule has 1 heterocycles. The van der Waals surface area contributed by atoms with Gasteiger partial charge in [-0.05, 0) is 68.6 Å². The normalized spacial score (nSPS) is 15.7. The van der Waals surface area contributed by atoms with Crippen LogP contribution in [0.4, 0.5) is 18.9 Å². The highest BCUT2D eigenvalue weighted by Gasteiger charge is 2.33. The maximum Gasteiger partial charge on any atom is 0.417 e. The molecule has 0 unspecified atom stereocenters.